The molecule has 3 aromatic rings. The Kier molecular flexibility index (Phi) is 5.17. The highest BCUT2D eigenvalue weighted by Crippen LogP contribution is 2.37. The first kappa shape index (κ1) is 19.2. The Labute approximate surface area is 172 Å². The second-order valence-electron chi connectivity index (χ2n) is 6.31. The number of esters is 1. The van der Waals surface area contributed by atoms with Crippen molar-refractivity contribution in [3.63, 3.8) is 0 Å². The third kappa shape index (κ3) is 3.60. The van der Waals surface area contributed by atoms with Crippen molar-refractivity contribution in [2.75, 3.05) is 14.2 Å². The third-order valence-corrected chi connectivity index (χ3v) is 4.49. The first-order valence-corrected chi connectivity index (χ1v) is 9.02. The minimum Gasteiger partial charge on any atom is -0.493 e. The molecule has 0 atom stereocenters. The number of ether oxygens (including phenoxy) is 4. The number of ketones is 1. The van der Waals surface area contributed by atoms with Crippen LogP contribution in [-0.2, 0) is 0 Å². The Morgan fingerprint density at radius 3 is 2.57 bits per heavy atom. The second-order valence-corrected chi connectivity index (χ2v) is 6.31. The van der Waals surface area contributed by atoms with Crippen LogP contribution in [0.3, 0.4) is 0 Å². The van der Waals surface area contributed by atoms with Gasteiger partial charge in [-0.15, -0.1) is 0 Å². The zero-order valence-electron chi connectivity index (χ0n) is 16.2. The molecule has 0 unspecified atom stereocenters. The summed E-state index contributed by atoms with van der Waals surface area (Å²) in [6.45, 7) is 0. The molecule has 0 radical (unpaired) electrons. The normalized spacial score (nSPS) is 13.5. The van der Waals surface area contributed by atoms with E-state index in [1.54, 1.807) is 48.5 Å². The van der Waals surface area contributed by atoms with Crippen LogP contribution < -0.4 is 18.9 Å². The van der Waals surface area contributed by atoms with Crippen molar-refractivity contribution >= 4 is 17.8 Å². The SMILES string of the molecule is COc1cccc(/C=C2\Oc3cc(OC(=O)c4ccncc4)ccc3C2=O)c1OC. The van der Waals surface area contributed by atoms with Crippen molar-refractivity contribution in [2.24, 2.45) is 0 Å². The van der Waals surface area contributed by atoms with Crippen LogP contribution in [0.2, 0.25) is 0 Å². The van der Waals surface area contributed by atoms with E-state index < -0.39 is 5.97 Å². The summed E-state index contributed by atoms with van der Waals surface area (Å²) in [5, 5.41) is 0. The number of para-hydroxylation sites is 1. The molecular formula is C23H17NO6. The molecule has 0 amide bonds. The molecule has 1 aliphatic heterocycles. The van der Waals surface area contributed by atoms with Gasteiger partial charge in [-0.3, -0.25) is 9.78 Å². The lowest BCUT2D eigenvalue weighted by atomic mass is 10.1. The number of hydrogen-bond acceptors (Lipinski definition) is 7. The van der Waals surface area contributed by atoms with E-state index in [4.69, 9.17) is 18.9 Å². The number of methoxy groups -OCH3 is 2. The van der Waals surface area contributed by atoms with Gasteiger partial charge < -0.3 is 18.9 Å². The maximum absolute atomic E-state index is 12.7. The Morgan fingerprint density at radius 1 is 1.03 bits per heavy atom. The van der Waals surface area contributed by atoms with E-state index in [0.717, 1.165) is 0 Å². The van der Waals surface area contributed by atoms with Gasteiger partial charge in [0.1, 0.15) is 11.5 Å². The highest BCUT2D eigenvalue weighted by Gasteiger charge is 2.28. The summed E-state index contributed by atoms with van der Waals surface area (Å²) in [6, 6.07) is 13.1. The molecule has 2 heterocycles. The van der Waals surface area contributed by atoms with Crippen LogP contribution in [0, 0.1) is 0 Å². The number of pyridine rings is 1. The van der Waals surface area contributed by atoms with Crippen LogP contribution in [0.15, 0.2) is 66.7 Å². The van der Waals surface area contributed by atoms with Gasteiger partial charge in [0.2, 0.25) is 5.78 Å². The minimum absolute atomic E-state index is 0.133. The largest absolute Gasteiger partial charge is 0.493 e. The summed E-state index contributed by atoms with van der Waals surface area (Å²) in [7, 11) is 3.06. The first-order valence-electron chi connectivity index (χ1n) is 9.02. The van der Waals surface area contributed by atoms with Crippen LogP contribution in [0.5, 0.6) is 23.0 Å². The molecule has 0 fully saturated rings. The maximum atomic E-state index is 12.7. The number of rotatable bonds is 5. The number of fused-ring (bicyclic) bond motifs is 1. The number of hydrogen-bond donors (Lipinski definition) is 0. The fraction of sp³-hybridized carbons (Fsp3) is 0.0870. The van der Waals surface area contributed by atoms with Gasteiger partial charge >= 0.3 is 5.97 Å². The lowest BCUT2D eigenvalue weighted by Crippen LogP contribution is -2.08. The number of benzene rings is 2. The molecule has 0 aliphatic carbocycles. The Morgan fingerprint density at radius 2 is 1.83 bits per heavy atom. The predicted octanol–water partition coefficient (Wildman–Crippen LogP) is 3.93. The summed E-state index contributed by atoms with van der Waals surface area (Å²) >= 11 is 0. The zero-order valence-corrected chi connectivity index (χ0v) is 16.2. The Bertz CT molecular complexity index is 1150. The van der Waals surface area contributed by atoms with E-state index >= 15 is 0 Å². The van der Waals surface area contributed by atoms with Gasteiger partial charge in [-0.1, -0.05) is 12.1 Å². The van der Waals surface area contributed by atoms with Crippen LogP contribution >= 0.6 is 0 Å². The van der Waals surface area contributed by atoms with Gasteiger partial charge in [-0.05, 0) is 36.4 Å². The molecule has 0 N–H and O–H groups in total. The van der Waals surface area contributed by atoms with Crippen molar-refractivity contribution in [3.8, 4) is 23.0 Å². The highest BCUT2D eigenvalue weighted by molar-refractivity contribution is 6.14. The molecule has 30 heavy (non-hydrogen) atoms. The van der Waals surface area contributed by atoms with Gasteiger partial charge in [0, 0.05) is 24.0 Å². The molecular weight excluding hydrogens is 386 g/mol. The van der Waals surface area contributed by atoms with E-state index in [9.17, 15) is 9.59 Å². The molecule has 0 bridgehead atoms. The average Bonchev–Trinajstić information content (AvgIpc) is 3.08. The van der Waals surface area contributed by atoms with Crippen LogP contribution in [0.25, 0.3) is 6.08 Å². The quantitative estimate of drug-likeness (QED) is 0.362. The van der Waals surface area contributed by atoms with Gasteiger partial charge in [0.05, 0.1) is 25.3 Å². The van der Waals surface area contributed by atoms with Crippen LogP contribution in [-0.4, -0.2) is 31.0 Å². The molecule has 2 aromatic carbocycles. The fourth-order valence-corrected chi connectivity index (χ4v) is 3.05. The van der Waals surface area contributed by atoms with E-state index in [1.807, 2.05) is 0 Å². The maximum Gasteiger partial charge on any atom is 0.343 e. The molecule has 7 heteroatoms. The molecule has 150 valence electrons. The minimum atomic E-state index is -0.529. The predicted molar refractivity (Wildman–Crippen MR) is 108 cm³/mol. The Hall–Kier alpha value is -4.13. The molecule has 7 nitrogen and oxygen atoms in total. The van der Waals surface area contributed by atoms with Crippen molar-refractivity contribution in [2.45, 2.75) is 0 Å². The van der Waals surface area contributed by atoms with E-state index in [2.05, 4.69) is 4.98 Å². The summed E-state index contributed by atoms with van der Waals surface area (Å²) < 4.78 is 21.8. The second kappa shape index (κ2) is 8.08. The van der Waals surface area contributed by atoms with Gasteiger partial charge in [-0.2, -0.15) is 0 Å². The number of aromatic nitrogens is 1. The highest BCUT2D eigenvalue weighted by atomic mass is 16.5. The average molecular weight is 403 g/mol. The molecule has 0 saturated heterocycles. The molecule has 4 rings (SSSR count). The van der Waals surface area contributed by atoms with Crippen molar-refractivity contribution in [3.05, 3.63) is 83.4 Å². The van der Waals surface area contributed by atoms with Crippen molar-refractivity contribution in [1.29, 1.82) is 0 Å². The lowest BCUT2D eigenvalue weighted by molar-refractivity contribution is 0.0734. The van der Waals surface area contributed by atoms with Gasteiger partial charge in [-0.25, -0.2) is 4.79 Å². The standard InChI is InChI=1S/C23H17NO6/c1-27-18-5-3-4-15(22(18)28-2)12-20-21(25)17-7-6-16(13-19(17)30-20)29-23(26)14-8-10-24-11-9-14/h3-13H,1-2H3/b20-12-. The number of allylic oxidation sites excluding steroid dienone is 1. The number of carbonyl (C=O) groups excluding carboxylic acids is 2. The van der Waals surface area contributed by atoms with Gasteiger partial charge in [0.15, 0.2) is 17.3 Å². The summed E-state index contributed by atoms with van der Waals surface area (Å²) in [5.74, 6) is 0.943. The lowest BCUT2D eigenvalue weighted by Gasteiger charge is -2.10. The van der Waals surface area contributed by atoms with Crippen molar-refractivity contribution < 1.29 is 28.5 Å². The summed E-state index contributed by atoms with van der Waals surface area (Å²) in [6.07, 6.45) is 4.60. The fourth-order valence-electron chi connectivity index (χ4n) is 3.05. The van der Waals surface area contributed by atoms with Crippen LogP contribution in [0.4, 0.5) is 0 Å². The Balaban J connectivity index is 1.59. The zero-order chi connectivity index (χ0) is 21.1. The van der Waals surface area contributed by atoms with E-state index in [0.29, 0.717) is 33.9 Å². The molecule has 1 aromatic heterocycles. The smallest absolute Gasteiger partial charge is 0.343 e. The molecule has 1 aliphatic rings. The first-order chi connectivity index (χ1) is 14.6. The van der Waals surface area contributed by atoms with Crippen LogP contribution in [0.1, 0.15) is 26.3 Å². The number of carbonyl (C=O) groups is 2. The number of Topliss-reactive ketones (excluding diaryl/α,β-unsaturated/α-hetero) is 1. The monoisotopic (exact) mass is 403 g/mol. The topological polar surface area (TPSA) is 84.0 Å². The summed E-state index contributed by atoms with van der Waals surface area (Å²) in [4.78, 5) is 28.8. The van der Waals surface area contributed by atoms with Crippen molar-refractivity contribution in [1.82, 2.24) is 4.98 Å². The summed E-state index contributed by atoms with van der Waals surface area (Å²) in [5.41, 5.74) is 1.39. The van der Waals surface area contributed by atoms with E-state index in [1.165, 1.54) is 32.7 Å². The molecule has 0 spiro atoms. The number of nitrogens with zero attached hydrogens (tertiary/aromatic N) is 1. The van der Waals surface area contributed by atoms with E-state index in [-0.39, 0.29) is 17.3 Å². The van der Waals surface area contributed by atoms with Gasteiger partial charge in [0.25, 0.3) is 0 Å². The molecule has 0 saturated carbocycles. The third-order valence-electron chi connectivity index (χ3n) is 4.49.